The fourth-order valence-corrected chi connectivity index (χ4v) is 12.7. The van der Waals surface area contributed by atoms with E-state index >= 15 is 0 Å². The fourth-order valence-electron chi connectivity index (χ4n) is 12.7. The molecule has 0 fully saturated rings. The first-order chi connectivity index (χ1) is 38.9. The smallest absolute Gasteiger partial charge is 0.120 e. The molecule has 13 aromatic carbocycles. The second-order valence-electron chi connectivity index (χ2n) is 23.6. The third-order valence-electron chi connectivity index (χ3n) is 15.7. The van der Waals surface area contributed by atoms with Gasteiger partial charge < -0.3 is 19.3 Å². The zero-order valence-electron chi connectivity index (χ0n) is 47.3. The van der Waals surface area contributed by atoms with Crippen LogP contribution in [0.15, 0.2) is 218 Å². The van der Waals surface area contributed by atoms with Crippen molar-refractivity contribution in [3.63, 3.8) is 0 Å². The van der Waals surface area contributed by atoms with Gasteiger partial charge in [-0.3, -0.25) is 0 Å². The zero-order chi connectivity index (χ0) is 54.9. The molecule has 0 aliphatic carbocycles. The minimum absolute atomic E-state index is 0.310. The quantitative estimate of drug-likeness (QED) is 0.108. The Labute approximate surface area is 471 Å². The number of fused-ring (bicyclic) bond motifs is 6. The van der Waals surface area contributed by atoms with E-state index in [-0.39, 0.29) is 11.2 Å². The van der Waals surface area contributed by atoms with Crippen molar-refractivity contribution in [2.24, 2.45) is 0 Å². The Bertz CT molecular complexity index is 4000. The molecule has 4 heteroatoms. The first kappa shape index (κ1) is 50.6. The Morgan fingerprint density at radius 2 is 0.613 bits per heavy atom. The fraction of sp³-hybridized carbons (Fsp3) is 0.184. The second kappa shape index (κ2) is 20.1. The van der Waals surface area contributed by atoms with Crippen molar-refractivity contribution < 1.29 is 9.47 Å². The molecule has 13 aromatic rings. The SMILES string of the molecule is CCCc1ccc(N(c2ccc(OC(C)(C)C)cc2)c2ccc3c4c(-c5ccccc5)c5c6cccc7c(N(c8ccc(CCC)cc8)c8ccc(OC(C)(C)C)cc8)ccc(c5c(-c5ccccc5)c4c4cccc2c43)c76)cc1. The predicted molar refractivity (Wildman–Crippen MR) is 343 cm³/mol. The highest BCUT2D eigenvalue weighted by atomic mass is 16.5. The van der Waals surface area contributed by atoms with E-state index in [4.69, 9.17) is 9.47 Å². The molecule has 0 aromatic heterocycles. The van der Waals surface area contributed by atoms with E-state index < -0.39 is 0 Å². The summed E-state index contributed by atoms with van der Waals surface area (Å²) in [5.74, 6) is 1.70. The largest absolute Gasteiger partial charge is 0.488 e. The summed E-state index contributed by atoms with van der Waals surface area (Å²) in [6.07, 6.45) is 4.30. The summed E-state index contributed by atoms with van der Waals surface area (Å²) >= 11 is 0. The van der Waals surface area contributed by atoms with Gasteiger partial charge in [-0.25, -0.2) is 0 Å². The molecule has 4 nitrogen and oxygen atoms in total. The summed E-state index contributed by atoms with van der Waals surface area (Å²) in [5, 5.41) is 15.1. The number of hydrogen-bond acceptors (Lipinski definition) is 4. The molecule has 0 amide bonds. The van der Waals surface area contributed by atoms with Crippen molar-refractivity contribution in [2.45, 2.75) is 92.3 Å². The van der Waals surface area contributed by atoms with Crippen LogP contribution in [0.25, 0.3) is 86.9 Å². The van der Waals surface area contributed by atoms with E-state index in [9.17, 15) is 0 Å². The molecule has 13 rings (SSSR count). The molecule has 394 valence electrons. The summed E-state index contributed by atoms with van der Waals surface area (Å²) in [6.45, 7) is 17.1. The number of aryl methyl sites for hydroxylation is 2. The van der Waals surface area contributed by atoms with Crippen molar-refractivity contribution in [1.82, 2.24) is 0 Å². The van der Waals surface area contributed by atoms with E-state index in [1.807, 2.05) is 0 Å². The van der Waals surface area contributed by atoms with Gasteiger partial charge in [0.05, 0.1) is 11.4 Å². The average molecular weight is 1040 g/mol. The van der Waals surface area contributed by atoms with Crippen LogP contribution in [0.3, 0.4) is 0 Å². The molecular formula is C76H68N2O2. The molecule has 0 saturated heterocycles. The van der Waals surface area contributed by atoms with Gasteiger partial charge in [0.1, 0.15) is 22.7 Å². The highest BCUT2D eigenvalue weighted by molar-refractivity contribution is 6.47. The van der Waals surface area contributed by atoms with Gasteiger partial charge in [0.25, 0.3) is 0 Å². The van der Waals surface area contributed by atoms with Crippen molar-refractivity contribution >= 4 is 98.8 Å². The lowest BCUT2D eigenvalue weighted by Crippen LogP contribution is -2.22. The maximum absolute atomic E-state index is 6.36. The van der Waals surface area contributed by atoms with Crippen molar-refractivity contribution in [3.8, 4) is 33.8 Å². The van der Waals surface area contributed by atoms with Crippen LogP contribution in [0.4, 0.5) is 34.1 Å². The van der Waals surface area contributed by atoms with Gasteiger partial charge >= 0.3 is 0 Å². The molecule has 0 aliphatic rings. The number of rotatable bonds is 14. The average Bonchev–Trinajstić information content (AvgIpc) is 3.98. The molecule has 0 heterocycles. The van der Waals surface area contributed by atoms with Crippen LogP contribution >= 0.6 is 0 Å². The first-order valence-corrected chi connectivity index (χ1v) is 28.7. The summed E-state index contributed by atoms with van der Waals surface area (Å²) in [6, 6.07) is 81.5. The number of benzene rings is 11. The molecule has 0 unspecified atom stereocenters. The van der Waals surface area contributed by atoms with Crippen LogP contribution in [0.5, 0.6) is 11.5 Å². The third kappa shape index (κ3) is 8.97. The number of anilines is 6. The van der Waals surface area contributed by atoms with Gasteiger partial charge in [-0.05, 0) is 227 Å². The molecular weight excluding hydrogens is 973 g/mol. The van der Waals surface area contributed by atoms with E-state index in [1.54, 1.807) is 0 Å². The molecule has 0 atom stereocenters. The molecule has 0 radical (unpaired) electrons. The maximum Gasteiger partial charge on any atom is 0.120 e. The zero-order valence-corrected chi connectivity index (χ0v) is 47.3. The second-order valence-corrected chi connectivity index (χ2v) is 23.6. The van der Waals surface area contributed by atoms with Crippen LogP contribution in [0.2, 0.25) is 0 Å². The lowest BCUT2D eigenvalue weighted by molar-refractivity contribution is 0.130. The van der Waals surface area contributed by atoms with Crippen LogP contribution in [0, 0.1) is 0 Å². The highest BCUT2D eigenvalue weighted by Gasteiger charge is 2.30. The number of nitrogens with zero attached hydrogens (tertiary/aromatic N) is 2. The number of ether oxygens (including phenoxy) is 2. The first-order valence-electron chi connectivity index (χ1n) is 28.7. The Kier molecular flexibility index (Phi) is 12.7. The monoisotopic (exact) mass is 1040 g/mol. The summed E-state index contributed by atoms with van der Waals surface area (Å²) in [5.41, 5.74) is 13.6. The highest BCUT2D eigenvalue weighted by Crippen LogP contribution is 2.58. The van der Waals surface area contributed by atoms with Crippen LogP contribution in [-0.4, -0.2) is 11.2 Å². The normalized spacial score (nSPS) is 12.2. The predicted octanol–water partition coefficient (Wildman–Crippen LogP) is 22.0. The van der Waals surface area contributed by atoms with E-state index in [0.717, 1.165) is 71.3 Å². The lowest BCUT2D eigenvalue weighted by Gasteiger charge is -2.28. The molecule has 0 aliphatic heterocycles. The van der Waals surface area contributed by atoms with Crippen molar-refractivity contribution in [2.75, 3.05) is 9.80 Å². The van der Waals surface area contributed by atoms with E-state index in [0.29, 0.717) is 0 Å². The van der Waals surface area contributed by atoms with Crippen molar-refractivity contribution in [3.05, 3.63) is 230 Å². The molecule has 0 saturated carbocycles. The Morgan fingerprint density at radius 1 is 0.300 bits per heavy atom. The van der Waals surface area contributed by atoms with Crippen molar-refractivity contribution in [1.29, 1.82) is 0 Å². The Balaban J connectivity index is 1.11. The molecule has 80 heavy (non-hydrogen) atoms. The third-order valence-corrected chi connectivity index (χ3v) is 15.7. The maximum atomic E-state index is 6.36. The van der Waals surface area contributed by atoms with Crippen LogP contribution in [-0.2, 0) is 12.8 Å². The number of hydrogen-bond donors (Lipinski definition) is 0. The Hall–Kier alpha value is -8.86. The van der Waals surface area contributed by atoms with Gasteiger partial charge in [-0.2, -0.15) is 0 Å². The van der Waals surface area contributed by atoms with Crippen LogP contribution < -0.4 is 19.3 Å². The summed E-state index contributed by atoms with van der Waals surface area (Å²) in [4.78, 5) is 4.87. The molecule has 0 spiro atoms. The topological polar surface area (TPSA) is 24.9 Å². The standard InChI is InChI=1S/C76H68N2O2/c1-9-19-49-29-33-53(34-30-49)77(55-37-41-57(42-38-55)79-75(3,4)5)65-47-45-63-69-59(65)25-17-27-61(69)71-67(51-21-13-11-14-22-51)74-64-46-48-66(60-26-18-28-62(70(60)64)72(74)68(73(63)71)52-23-15-12-16-24-52)78(54-35-31-50(20-10-2)32-36-54)56-39-43-58(44-40-56)80-76(6,7)8/h11-18,21-48H,9-10,19-20H2,1-8H3. The van der Waals surface area contributed by atoms with Gasteiger partial charge in [0.15, 0.2) is 0 Å². The van der Waals surface area contributed by atoms with Gasteiger partial charge in [0.2, 0.25) is 0 Å². The van der Waals surface area contributed by atoms with E-state index in [1.165, 1.54) is 98.0 Å². The van der Waals surface area contributed by atoms with Gasteiger partial charge in [0, 0.05) is 33.5 Å². The van der Waals surface area contributed by atoms with E-state index in [2.05, 4.69) is 284 Å². The lowest BCUT2D eigenvalue weighted by atomic mass is 9.87. The minimum atomic E-state index is -0.310. The van der Waals surface area contributed by atoms with Gasteiger partial charge in [-0.1, -0.05) is 160 Å². The molecule has 0 bridgehead atoms. The van der Waals surface area contributed by atoms with Gasteiger partial charge in [-0.15, -0.1) is 0 Å². The minimum Gasteiger partial charge on any atom is -0.488 e. The summed E-state index contributed by atoms with van der Waals surface area (Å²) in [7, 11) is 0. The molecule has 0 N–H and O–H groups in total. The van der Waals surface area contributed by atoms with Crippen LogP contribution in [0.1, 0.15) is 79.4 Å². The summed E-state index contributed by atoms with van der Waals surface area (Å²) < 4.78 is 12.7. The Morgan fingerprint density at radius 3 is 0.938 bits per heavy atom.